The molecule has 14 heavy (non-hydrogen) atoms. The summed E-state index contributed by atoms with van der Waals surface area (Å²) in [4.78, 5) is 0.317. The molecular weight excluding hydrogens is 201 g/mol. The number of halogens is 1. The monoisotopic (exact) mass is 213 g/mol. The van der Waals surface area contributed by atoms with Gasteiger partial charge in [-0.15, -0.1) is 0 Å². The average molecular weight is 213 g/mol. The van der Waals surface area contributed by atoms with Crippen LogP contribution in [0.25, 0.3) is 0 Å². The number of rotatable bonds is 4. The van der Waals surface area contributed by atoms with E-state index in [1.165, 1.54) is 12.1 Å². The fourth-order valence-electron chi connectivity index (χ4n) is 1.02. The number of hydrogen-bond acceptors (Lipinski definition) is 2. The maximum Gasteiger partial charge on any atom is 0.148 e. The molecule has 1 unspecified atom stereocenters. The predicted octanol–water partition coefficient (Wildman–Crippen LogP) is 2.27. The number of thiocarbonyl (C=S) groups is 1. The van der Waals surface area contributed by atoms with Gasteiger partial charge in [0.15, 0.2) is 0 Å². The van der Waals surface area contributed by atoms with Crippen LogP contribution in [0, 0.1) is 5.82 Å². The molecule has 1 aromatic carbocycles. The molecular formula is C10H12FNOS. The Hall–Kier alpha value is -1.16. The smallest absolute Gasteiger partial charge is 0.148 e. The second-order valence-corrected chi connectivity index (χ2v) is 3.34. The van der Waals surface area contributed by atoms with Gasteiger partial charge in [-0.2, -0.15) is 0 Å². The molecule has 0 aliphatic heterocycles. The van der Waals surface area contributed by atoms with Crippen molar-refractivity contribution in [2.75, 3.05) is 0 Å². The van der Waals surface area contributed by atoms with Crippen LogP contribution in [-0.4, -0.2) is 11.1 Å². The third-order valence-electron chi connectivity index (χ3n) is 1.78. The van der Waals surface area contributed by atoms with Gasteiger partial charge in [0, 0.05) is 0 Å². The molecule has 0 fully saturated rings. The van der Waals surface area contributed by atoms with Crippen molar-refractivity contribution in [2.24, 2.45) is 5.73 Å². The topological polar surface area (TPSA) is 35.2 Å². The fourth-order valence-corrected chi connectivity index (χ4v) is 1.23. The van der Waals surface area contributed by atoms with Crippen molar-refractivity contribution in [1.82, 2.24) is 0 Å². The van der Waals surface area contributed by atoms with Crippen molar-refractivity contribution in [3.05, 3.63) is 30.1 Å². The Morgan fingerprint density at radius 3 is 2.50 bits per heavy atom. The van der Waals surface area contributed by atoms with E-state index >= 15 is 0 Å². The van der Waals surface area contributed by atoms with Crippen molar-refractivity contribution in [2.45, 2.75) is 19.4 Å². The lowest BCUT2D eigenvalue weighted by Gasteiger charge is -2.15. The summed E-state index contributed by atoms with van der Waals surface area (Å²) in [6, 6.07) is 5.77. The third-order valence-corrected chi connectivity index (χ3v) is 2.04. The van der Waals surface area contributed by atoms with E-state index in [-0.39, 0.29) is 11.9 Å². The van der Waals surface area contributed by atoms with Crippen LogP contribution in [0.5, 0.6) is 5.75 Å². The number of benzene rings is 1. The average Bonchev–Trinajstić information content (AvgIpc) is 2.16. The van der Waals surface area contributed by atoms with Crippen LogP contribution in [-0.2, 0) is 0 Å². The molecule has 0 amide bonds. The van der Waals surface area contributed by atoms with Gasteiger partial charge >= 0.3 is 0 Å². The minimum absolute atomic E-state index is 0.282. The summed E-state index contributed by atoms with van der Waals surface area (Å²) >= 11 is 4.82. The first-order valence-corrected chi connectivity index (χ1v) is 4.76. The third kappa shape index (κ3) is 2.96. The van der Waals surface area contributed by atoms with Gasteiger partial charge in [0.2, 0.25) is 0 Å². The molecule has 0 aliphatic rings. The van der Waals surface area contributed by atoms with E-state index in [1.807, 2.05) is 6.92 Å². The highest BCUT2D eigenvalue weighted by Crippen LogP contribution is 2.14. The molecule has 0 bridgehead atoms. The zero-order valence-corrected chi connectivity index (χ0v) is 8.68. The molecule has 0 aromatic heterocycles. The van der Waals surface area contributed by atoms with E-state index in [0.717, 1.165) is 0 Å². The van der Waals surface area contributed by atoms with Crippen LogP contribution in [0.3, 0.4) is 0 Å². The Bertz CT molecular complexity index is 312. The highest BCUT2D eigenvalue weighted by atomic mass is 32.1. The van der Waals surface area contributed by atoms with Crippen molar-refractivity contribution in [1.29, 1.82) is 0 Å². The minimum Gasteiger partial charge on any atom is -0.483 e. The lowest BCUT2D eigenvalue weighted by molar-refractivity contribution is 0.263. The summed E-state index contributed by atoms with van der Waals surface area (Å²) in [7, 11) is 0. The number of nitrogens with two attached hydrogens (primary N) is 1. The van der Waals surface area contributed by atoms with Gasteiger partial charge in [0.1, 0.15) is 22.7 Å². The van der Waals surface area contributed by atoms with Gasteiger partial charge in [-0.05, 0) is 30.7 Å². The van der Waals surface area contributed by atoms with Crippen molar-refractivity contribution >= 4 is 17.2 Å². The van der Waals surface area contributed by atoms with Crippen LogP contribution >= 0.6 is 12.2 Å². The molecule has 0 saturated carbocycles. The Balaban J connectivity index is 2.67. The second-order valence-electron chi connectivity index (χ2n) is 2.87. The molecule has 0 heterocycles. The first-order chi connectivity index (χ1) is 6.63. The number of hydrogen-bond donors (Lipinski definition) is 1. The van der Waals surface area contributed by atoms with E-state index in [2.05, 4.69) is 0 Å². The van der Waals surface area contributed by atoms with E-state index in [1.54, 1.807) is 12.1 Å². The maximum atomic E-state index is 12.6. The largest absolute Gasteiger partial charge is 0.483 e. The fraction of sp³-hybridized carbons (Fsp3) is 0.300. The first kappa shape index (κ1) is 10.9. The molecule has 0 radical (unpaired) electrons. The molecule has 1 aromatic rings. The summed E-state index contributed by atoms with van der Waals surface area (Å²) < 4.78 is 18.0. The highest BCUT2D eigenvalue weighted by Gasteiger charge is 2.10. The normalized spacial score (nSPS) is 12.1. The number of ether oxygens (including phenoxy) is 1. The van der Waals surface area contributed by atoms with Gasteiger partial charge in [0.25, 0.3) is 0 Å². The maximum absolute atomic E-state index is 12.6. The molecule has 1 rings (SSSR count). The molecule has 2 nitrogen and oxygen atoms in total. The van der Waals surface area contributed by atoms with Crippen molar-refractivity contribution in [3.8, 4) is 5.75 Å². The summed E-state index contributed by atoms with van der Waals surface area (Å²) in [5.41, 5.74) is 5.46. The Morgan fingerprint density at radius 2 is 2.07 bits per heavy atom. The summed E-state index contributed by atoms with van der Waals surface area (Å²) in [5, 5.41) is 0. The summed E-state index contributed by atoms with van der Waals surface area (Å²) in [6.45, 7) is 1.92. The van der Waals surface area contributed by atoms with E-state index < -0.39 is 0 Å². The van der Waals surface area contributed by atoms with E-state index in [9.17, 15) is 4.39 Å². The lowest BCUT2D eigenvalue weighted by atomic mass is 10.2. The molecule has 1 atom stereocenters. The van der Waals surface area contributed by atoms with Crippen LogP contribution in [0.1, 0.15) is 13.3 Å². The van der Waals surface area contributed by atoms with Crippen molar-refractivity contribution in [3.63, 3.8) is 0 Å². The quantitative estimate of drug-likeness (QED) is 0.779. The van der Waals surface area contributed by atoms with E-state index in [4.69, 9.17) is 22.7 Å². The second kappa shape index (κ2) is 4.91. The van der Waals surface area contributed by atoms with Gasteiger partial charge < -0.3 is 10.5 Å². The molecule has 76 valence electrons. The lowest BCUT2D eigenvalue weighted by Crippen LogP contribution is -2.31. The molecule has 2 N–H and O–H groups in total. The minimum atomic E-state index is -0.291. The predicted molar refractivity (Wildman–Crippen MR) is 57.9 cm³/mol. The van der Waals surface area contributed by atoms with Crippen molar-refractivity contribution < 1.29 is 9.13 Å². The summed E-state index contributed by atoms with van der Waals surface area (Å²) in [6.07, 6.45) is 0.419. The van der Waals surface area contributed by atoms with Gasteiger partial charge in [-0.3, -0.25) is 0 Å². The van der Waals surface area contributed by atoms with Gasteiger partial charge in [0.05, 0.1) is 0 Å². The first-order valence-electron chi connectivity index (χ1n) is 4.35. The van der Waals surface area contributed by atoms with E-state index in [0.29, 0.717) is 17.2 Å². The van der Waals surface area contributed by atoms with Crippen LogP contribution < -0.4 is 10.5 Å². The zero-order chi connectivity index (χ0) is 10.6. The highest BCUT2D eigenvalue weighted by molar-refractivity contribution is 7.80. The molecule has 0 spiro atoms. The Morgan fingerprint density at radius 1 is 1.50 bits per heavy atom. The van der Waals surface area contributed by atoms with Crippen LogP contribution in [0.2, 0.25) is 0 Å². The summed E-state index contributed by atoms with van der Waals surface area (Å²) in [5.74, 6) is 0.284. The van der Waals surface area contributed by atoms with Gasteiger partial charge in [-0.25, -0.2) is 4.39 Å². The Labute approximate surface area is 87.9 Å². The standard InChI is InChI=1S/C10H12FNOS/c1-2-9(10(12)14)13-8-5-3-7(11)4-6-8/h3-6,9H,2H2,1H3,(H2,12,14). The van der Waals surface area contributed by atoms with Crippen LogP contribution in [0.15, 0.2) is 24.3 Å². The molecule has 0 saturated heterocycles. The van der Waals surface area contributed by atoms with Crippen LogP contribution in [0.4, 0.5) is 4.39 Å². The van der Waals surface area contributed by atoms with Gasteiger partial charge in [-0.1, -0.05) is 19.1 Å². The molecule has 4 heteroatoms. The SMILES string of the molecule is CCC(Oc1ccc(F)cc1)C(N)=S. The zero-order valence-electron chi connectivity index (χ0n) is 7.87. The Kier molecular flexibility index (Phi) is 3.83. The molecule has 0 aliphatic carbocycles.